The van der Waals surface area contributed by atoms with E-state index in [-0.39, 0.29) is 4.90 Å². The van der Waals surface area contributed by atoms with Crippen LogP contribution in [0.5, 0.6) is 5.75 Å². The molecule has 0 aliphatic rings. The van der Waals surface area contributed by atoms with Gasteiger partial charge in [0.2, 0.25) is 10.0 Å². The summed E-state index contributed by atoms with van der Waals surface area (Å²) in [5.41, 5.74) is 7.18. The predicted octanol–water partition coefficient (Wildman–Crippen LogP) is 3.75. The summed E-state index contributed by atoms with van der Waals surface area (Å²) in [4.78, 5) is 0.221. The van der Waals surface area contributed by atoms with Crippen molar-refractivity contribution in [3.8, 4) is 5.75 Å². The normalized spacial score (nSPS) is 11.4. The van der Waals surface area contributed by atoms with Crippen molar-refractivity contribution in [2.75, 3.05) is 18.9 Å². The molecule has 0 spiro atoms. The third-order valence-corrected chi connectivity index (χ3v) is 5.56. The van der Waals surface area contributed by atoms with Gasteiger partial charge in [0.1, 0.15) is 5.75 Å². The van der Waals surface area contributed by atoms with Crippen LogP contribution in [0.1, 0.15) is 38.2 Å². The summed E-state index contributed by atoms with van der Waals surface area (Å²) < 4.78 is 32.7. The van der Waals surface area contributed by atoms with Crippen LogP contribution in [-0.2, 0) is 16.4 Å². The molecule has 0 aliphatic carbocycles. The van der Waals surface area contributed by atoms with Crippen LogP contribution in [0.2, 0.25) is 0 Å². The Kier molecular flexibility index (Phi) is 7.94. The lowest BCUT2D eigenvalue weighted by molar-refractivity contribution is 0.305. The molecule has 2 rings (SSSR count). The van der Waals surface area contributed by atoms with Gasteiger partial charge in [-0.25, -0.2) is 13.1 Å². The van der Waals surface area contributed by atoms with Crippen molar-refractivity contribution < 1.29 is 13.2 Å². The topological polar surface area (TPSA) is 81.4 Å². The van der Waals surface area contributed by atoms with Gasteiger partial charge < -0.3 is 10.5 Å². The largest absolute Gasteiger partial charge is 0.494 e. The fraction of sp³-hybridized carbons (Fsp3) is 0.400. The number of benzene rings is 2. The second kappa shape index (κ2) is 10.2. The van der Waals surface area contributed by atoms with E-state index in [1.54, 1.807) is 12.1 Å². The van der Waals surface area contributed by atoms with E-state index in [1.165, 1.54) is 31.4 Å². The number of anilines is 1. The number of ether oxygens (including phenoxy) is 1. The van der Waals surface area contributed by atoms with Gasteiger partial charge in [-0.05, 0) is 54.8 Å². The number of rotatable bonds is 11. The zero-order valence-corrected chi connectivity index (χ0v) is 16.1. The fourth-order valence-electron chi connectivity index (χ4n) is 2.53. The van der Waals surface area contributed by atoms with Gasteiger partial charge in [-0.3, -0.25) is 0 Å². The number of hydrogen-bond acceptors (Lipinski definition) is 4. The zero-order valence-electron chi connectivity index (χ0n) is 15.3. The van der Waals surface area contributed by atoms with E-state index in [9.17, 15) is 8.42 Å². The van der Waals surface area contributed by atoms with Crippen molar-refractivity contribution >= 4 is 15.7 Å². The molecule has 0 heterocycles. The quantitative estimate of drug-likeness (QED) is 0.462. The summed E-state index contributed by atoms with van der Waals surface area (Å²) in [7, 11) is -3.51. The molecule has 6 heteroatoms. The van der Waals surface area contributed by atoms with Gasteiger partial charge in [0, 0.05) is 12.2 Å². The monoisotopic (exact) mass is 376 g/mol. The maximum absolute atomic E-state index is 12.2. The minimum absolute atomic E-state index is 0.221. The van der Waals surface area contributed by atoms with Crippen LogP contribution in [-0.4, -0.2) is 21.6 Å². The summed E-state index contributed by atoms with van der Waals surface area (Å²) in [5.74, 6) is 0.854. The summed E-state index contributed by atoms with van der Waals surface area (Å²) >= 11 is 0. The number of unbranched alkanes of at least 4 members (excludes halogenated alkanes) is 3. The van der Waals surface area contributed by atoms with E-state index in [0.29, 0.717) is 18.7 Å². The van der Waals surface area contributed by atoms with Gasteiger partial charge in [-0.2, -0.15) is 0 Å². The summed E-state index contributed by atoms with van der Waals surface area (Å²) in [6.45, 7) is 3.26. The molecular weight excluding hydrogens is 348 g/mol. The number of nitrogen functional groups attached to an aromatic ring is 1. The Morgan fingerprint density at radius 3 is 2.31 bits per heavy atom. The van der Waals surface area contributed by atoms with E-state index in [2.05, 4.69) is 11.6 Å². The Morgan fingerprint density at radius 2 is 1.65 bits per heavy atom. The highest BCUT2D eigenvalue weighted by Crippen LogP contribution is 2.14. The summed E-state index contributed by atoms with van der Waals surface area (Å²) in [6.07, 6.45) is 5.35. The number of nitrogens with two attached hydrogens (primary N) is 1. The molecule has 0 aromatic heterocycles. The Hall–Kier alpha value is -2.05. The number of sulfonamides is 1. The van der Waals surface area contributed by atoms with Crippen molar-refractivity contribution in [1.82, 2.24) is 4.72 Å². The Labute approximate surface area is 156 Å². The number of hydrogen-bond donors (Lipinski definition) is 2. The molecule has 5 nitrogen and oxygen atoms in total. The first kappa shape index (κ1) is 20.3. The predicted molar refractivity (Wildman–Crippen MR) is 106 cm³/mol. The van der Waals surface area contributed by atoms with Crippen LogP contribution < -0.4 is 15.2 Å². The van der Waals surface area contributed by atoms with Gasteiger partial charge in [-0.1, -0.05) is 38.3 Å². The highest BCUT2D eigenvalue weighted by molar-refractivity contribution is 7.89. The molecule has 0 fully saturated rings. The van der Waals surface area contributed by atoms with Crippen LogP contribution in [0.25, 0.3) is 0 Å². The molecule has 0 amide bonds. The van der Waals surface area contributed by atoms with Crippen molar-refractivity contribution in [3.63, 3.8) is 0 Å². The van der Waals surface area contributed by atoms with E-state index in [1.807, 2.05) is 24.3 Å². The first-order valence-corrected chi connectivity index (χ1v) is 10.6. The van der Waals surface area contributed by atoms with Crippen LogP contribution in [0.3, 0.4) is 0 Å². The van der Waals surface area contributed by atoms with Crippen molar-refractivity contribution in [1.29, 1.82) is 0 Å². The van der Waals surface area contributed by atoms with E-state index < -0.39 is 10.0 Å². The van der Waals surface area contributed by atoms with Crippen LogP contribution >= 0.6 is 0 Å². The zero-order chi connectivity index (χ0) is 18.8. The van der Waals surface area contributed by atoms with E-state index >= 15 is 0 Å². The molecule has 0 saturated carbocycles. The molecule has 0 bridgehead atoms. The minimum atomic E-state index is -3.51. The Morgan fingerprint density at radius 1 is 0.962 bits per heavy atom. The first-order valence-electron chi connectivity index (χ1n) is 9.08. The average molecular weight is 377 g/mol. The lowest BCUT2D eigenvalue weighted by atomic mass is 10.1. The first-order chi connectivity index (χ1) is 12.5. The molecule has 142 valence electrons. The second-order valence-electron chi connectivity index (χ2n) is 6.27. The Bertz CT molecular complexity index is 757. The van der Waals surface area contributed by atoms with Gasteiger partial charge in [0.25, 0.3) is 0 Å². The fourth-order valence-corrected chi connectivity index (χ4v) is 3.56. The van der Waals surface area contributed by atoms with Gasteiger partial charge in [-0.15, -0.1) is 0 Å². The molecule has 0 saturated heterocycles. The molecule has 0 atom stereocenters. The SMILES string of the molecule is CCCCCCOc1ccc(CCNS(=O)(=O)c2ccc(N)cc2)cc1. The molecule has 0 radical (unpaired) electrons. The maximum atomic E-state index is 12.2. The average Bonchev–Trinajstić information content (AvgIpc) is 2.63. The molecule has 3 N–H and O–H groups in total. The number of nitrogens with one attached hydrogen (secondary N) is 1. The van der Waals surface area contributed by atoms with Gasteiger partial charge >= 0.3 is 0 Å². The standard InChI is InChI=1S/C20H28N2O3S/c1-2-3-4-5-16-25-19-10-6-17(7-11-19)14-15-22-26(23,24)20-12-8-18(21)9-13-20/h6-13,22H,2-5,14-16,21H2,1H3. The minimum Gasteiger partial charge on any atom is -0.494 e. The lowest BCUT2D eigenvalue weighted by Gasteiger charge is -2.09. The second-order valence-corrected chi connectivity index (χ2v) is 8.04. The van der Waals surface area contributed by atoms with Crippen molar-refractivity contribution in [2.45, 2.75) is 43.9 Å². The van der Waals surface area contributed by atoms with Crippen LogP contribution in [0.15, 0.2) is 53.4 Å². The Balaban J connectivity index is 1.76. The smallest absolute Gasteiger partial charge is 0.240 e. The molecule has 2 aromatic rings. The van der Waals surface area contributed by atoms with Gasteiger partial charge in [0.05, 0.1) is 11.5 Å². The summed E-state index contributed by atoms with van der Waals surface area (Å²) in [6, 6.07) is 14.0. The molecule has 0 aliphatic heterocycles. The van der Waals surface area contributed by atoms with Crippen LogP contribution in [0.4, 0.5) is 5.69 Å². The highest BCUT2D eigenvalue weighted by atomic mass is 32.2. The van der Waals surface area contributed by atoms with Crippen molar-refractivity contribution in [2.24, 2.45) is 0 Å². The molecule has 2 aromatic carbocycles. The summed E-state index contributed by atoms with van der Waals surface area (Å²) in [5, 5.41) is 0. The third kappa shape index (κ3) is 6.69. The maximum Gasteiger partial charge on any atom is 0.240 e. The van der Waals surface area contributed by atoms with Crippen molar-refractivity contribution in [3.05, 3.63) is 54.1 Å². The third-order valence-electron chi connectivity index (χ3n) is 4.09. The van der Waals surface area contributed by atoms with E-state index in [0.717, 1.165) is 24.3 Å². The molecule has 0 unspecified atom stereocenters. The van der Waals surface area contributed by atoms with E-state index in [4.69, 9.17) is 10.5 Å². The van der Waals surface area contributed by atoms with Gasteiger partial charge in [0.15, 0.2) is 0 Å². The molecular formula is C20H28N2O3S. The van der Waals surface area contributed by atoms with Crippen LogP contribution in [0, 0.1) is 0 Å². The lowest BCUT2D eigenvalue weighted by Crippen LogP contribution is -2.26. The highest BCUT2D eigenvalue weighted by Gasteiger charge is 2.12. The molecule has 26 heavy (non-hydrogen) atoms.